The van der Waals surface area contributed by atoms with Gasteiger partial charge in [0.1, 0.15) is 11.0 Å². The van der Waals surface area contributed by atoms with Crippen molar-refractivity contribution in [3.05, 3.63) is 58.7 Å². The number of carbonyl (C=O) groups is 1. The van der Waals surface area contributed by atoms with E-state index in [2.05, 4.69) is 25.5 Å². The number of carbonyl (C=O) groups excluding carboxylic acids is 1. The molecule has 2 N–H and O–H groups in total. The zero-order valence-electron chi connectivity index (χ0n) is 21.5. The molecule has 196 valence electrons. The number of methoxy groups -OCH3 is 3. The van der Waals surface area contributed by atoms with Crippen molar-refractivity contribution in [1.82, 2.24) is 15.3 Å². The molecule has 1 aliphatic heterocycles. The van der Waals surface area contributed by atoms with Crippen LogP contribution in [0.2, 0.25) is 5.15 Å². The number of hydrogen-bond donors (Lipinski definition) is 2. The largest absolute Gasteiger partial charge is 0.493 e. The molecule has 0 bridgehead atoms. The van der Waals surface area contributed by atoms with Gasteiger partial charge in [-0.1, -0.05) is 41.4 Å². The smallest absolute Gasteiger partial charge is 0.230 e. The molecule has 1 amide bonds. The van der Waals surface area contributed by atoms with E-state index in [-0.39, 0.29) is 11.8 Å². The van der Waals surface area contributed by atoms with Gasteiger partial charge in [-0.25, -0.2) is 4.98 Å². The highest BCUT2D eigenvalue weighted by Gasteiger charge is 2.27. The van der Waals surface area contributed by atoms with Crippen LogP contribution in [0.1, 0.15) is 24.0 Å². The van der Waals surface area contributed by atoms with Gasteiger partial charge in [-0.05, 0) is 25.3 Å². The molecule has 1 aliphatic rings. The van der Waals surface area contributed by atoms with Crippen LogP contribution in [0.25, 0.3) is 0 Å². The van der Waals surface area contributed by atoms with Crippen LogP contribution in [0.4, 0.5) is 17.5 Å². The van der Waals surface area contributed by atoms with Gasteiger partial charge in [0.25, 0.3) is 0 Å². The number of nitrogens with one attached hydrogen (secondary N) is 2. The molecule has 0 radical (unpaired) electrons. The van der Waals surface area contributed by atoms with Crippen LogP contribution < -0.4 is 29.7 Å². The van der Waals surface area contributed by atoms with E-state index in [1.54, 1.807) is 39.5 Å². The lowest BCUT2D eigenvalue weighted by Gasteiger charge is -2.33. The van der Waals surface area contributed by atoms with E-state index < -0.39 is 0 Å². The van der Waals surface area contributed by atoms with Crippen molar-refractivity contribution in [3.63, 3.8) is 0 Å². The zero-order valence-corrected chi connectivity index (χ0v) is 22.3. The number of hydrogen-bond acceptors (Lipinski definition) is 8. The van der Waals surface area contributed by atoms with Crippen LogP contribution >= 0.6 is 11.6 Å². The fourth-order valence-corrected chi connectivity index (χ4v) is 4.52. The Morgan fingerprint density at radius 2 is 1.76 bits per heavy atom. The average Bonchev–Trinajstić information content (AvgIpc) is 2.91. The van der Waals surface area contributed by atoms with Crippen LogP contribution in [0, 0.1) is 12.8 Å². The van der Waals surface area contributed by atoms with Crippen molar-refractivity contribution in [2.75, 3.05) is 44.6 Å². The molecule has 37 heavy (non-hydrogen) atoms. The Hall–Kier alpha value is -3.72. The van der Waals surface area contributed by atoms with Gasteiger partial charge in [0, 0.05) is 43.5 Å². The van der Waals surface area contributed by atoms with Gasteiger partial charge < -0.3 is 29.7 Å². The molecule has 2 aromatic carbocycles. The first-order valence-corrected chi connectivity index (χ1v) is 12.5. The van der Waals surface area contributed by atoms with Gasteiger partial charge in [-0.3, -0.25) is 4.79 Å². The standard InChI is InChI=1S/C27H32ClN5O4/c1-17-7-9-18(10-8-17)15-29-26(34)19-6-5-11-33(16-19)24-14-23(28)31-27(32-24)30-20-12-21(35-2)25(37-4)22(13-20)36-3/h7-10,12-14,19H,5-6,11,15-16H2,1-4H3,(H,29,34)(H,30,31,32). The SMILES string of the molecule is COc1cc(Nc2nc(Cl)cc(N3CCCC(C(=O)NCc4ccc(C)cc4)C3)n2)cc(OC)c1OC. The first-order valence-electron chi connectivity index (χ1n) is 12.1. The maximum absolute atomic E-state index is 12.9. The van der Waals surface area contributed by atoms with Crippen LogP contribution in [-0.2, 0) is 11.3 Å². The summed E-state index contributed by atoms with van der Waals surface area (Å²) in [6, 6.07) is 13.4. The van der Waals surface area contributed by atoms with E-state index in [9.17, 15) is 4.79 Å². The number of nitrogens with zero attached hydrogens (tertiary/aromatic N) is 3. The first kappa shape index (κ1) is 26.3. The van der Waals surface area contributed by atoms with Gasteiger partial charge >= 0.3 is 0 Å². The molecule has 3 aromatic rings. The summed E-state index contributed by atoms with van der Waals surface area (Å²) in [7, 11) is 4.66. The number of benzene rings is 2. The van der Waals surface area contributed by atoms with Crippen LogP contribution in [0.5, 0.6) is 17.2 Å². The number of ether oxygens (including phenoxy) is 3. The molecule has 10 heteroatoms. The maximum Gasteiger partial charge on any atom is 0.230 e. The minimum Gasteiger partial charge on any atom is -0.493 e. The van der Waals surface area contributed by atoms with E-state index in [0.717, 1.165) is 24.9 Å². The lowest BCUT2D eigenvalue weighted by molar-refractivity contribution is -0.125. The summed E-state index contributed by atoms with van der Waals surface area (Å²) < 4.78 is 16.2. The third kappa shape index (κ3) is 6.54. The van der Waals surface area contributed by atoms with Crippen LogP contribution in [0.3, 0.4) is 0 Å². The van der Waals surface area contributed by atoms with E-state index in [1.807, 2.05) is 31.2 Å². The monoisotopic (exact) mass is 525 g/mol. The fraction of sp³-hybridized carbons (Fsp3) is 0.370. The summed E-state index contributed by atoms with van der Waals surface area (Å²) in [5.41, 5.74) is 2.92. The summed E-state index contributed by atoms with van der Waals surface area (Å²) in [6.07, 6.45) is 1.70. The van der Waals surface area contributed by atoms with E-state index in [1.165, 1.54) is 5.56 Å². The summed E-state index contributed by atoms with van der Waals surface area (Å²) >= 11 is 6.36. The molecule has 4 rings (SSSR count). The third-order valence-corrected chi connectivity index (χ3v) is 6.50. The molecule has 9 nitrogen and oxygen atoms in total. The molecule has 1 saturated heterocycles. The molecule has 0 spiro atoms. The quantitative estimate of drug-likeness (QED) is 0.387. The lowest BCUT2D eigenvalue weighted by Crippen LogP contribution is -2.43. The molecule has 0 aliphatic carbocycles. The average molecular weight is 526 g/mol. The Morgan fingerprint density at radius 3 is 2.41 bits per heavy atom. The van der Waals surface area contributed by atoms with Crippen LogP contribution in [-0.4, -0.2) is 50.3 Å². The highest BCUT2D eigenvalue weighted by atomic mass is 35.5. The van der Waals surface area contributed by atoms with Crippen molar-refractivity contribution in [1.29, 1.82) is 0 Å². The Kier molecular flexibility index (Phi) is 8.55. The van der Waals surface area contributed by atoms with Crippen molar-refractivity contribution in [2.24, 2.45) is 5.92 Å². The summed E-state index contributed by atoms with van der Waals surface area (Å²) in [4.78, 5) is 24.0. The van der Waals surface area contributed by atoms with E-state index in [4.69, 9.17) is 25.8 Å². The summed E-state index contributed by atoms with van der Waals surface area (Å²) in [6.45, 7) is 3.89. The van der Waals surface area contributed by atoms with Gasteiger partial charge in [-0.15, -0.1) is 0 Å². The van der Waals surface area contributed by atoms with Crippen LogP contribution in [0.15, 0.2) is 42.5 Å². The summed E-state index contributed by atoms with van der Waals surface area (Å²) in [5.74, 6) is 2.38. The van der Waals surface area contributed by atoms with Gasteiger partial charge in [-0.2, -0.15) is 4.98 Å². The second kappa shape index (κ2) is 12.0. The number of amides is 1. The number of anilines is 3. The Labute approximate surface area is 222 Å². The topological polar surface area (TPSA) is 97.8 Å². The Balaban J connectivity index is 1.46. The van der Waals surface area contributed by atoms with Gasteiger partial charge in [0.15, 0.2) is 11.5 Å². The normalized spacial score (nSPS) is 15.2. The minimum absolute atomic E-state index is 0.0428. The minimum atomic E-state index is -0.139. The number of aryl methyl sites for hydroxylation is 1. The number of rotatable bonds is 9. The summed E-state index contributed by atoms with van der Waals surface area (Å²) in [5, 5.41) is 6.55. The van der Waals surface area contributed by atoms with Crippen molar-refractivity contribution in [3.8, 4) is 17.2 Å². The van der Waals surface area contributed by atoms with Crippen molar-refractivity contribution < 1.29 is 19.0 Å². The molecule has 1 atom stereocenters. The predicted molar refractivity (Wildman–Crippen MR) is 144 cm³/mol. The van der Waals surface area contributed by atoms with Gasteiger partial charge in [0.05, 0.1) is 27.2 Å². The van der Waals surface area contributed by atoms with Crippen molar-refractivity contribution >= 4 is 35.0 Å². The molecule has 1 unspecified atom stereocenters. The zero-order chi connectivity index (χ0) is 26.4. The molecule has 1 fully saturated rings. The predicted octanol–water partition coefficient (Wildman–Crippen LogP) is 4.74. The molecular formula is C27H32ClN5O4. The lowest BCUT2D eigenvalue weighted by atomic mass is 9.97. The second-order valence-electron chi connectivity index (χ2n) is 8.90. The first-order chi connectivity index (χ1) is 17.9. The fourth-order valence-electron chi connectivity index (χ4n) is 4.34. The number of halogens is 1. The molecular weight excluding hydrogens is 494 g/mol. The Bertz CT molecular complexity index is 1210. The maximum atomic E-state index is 12.9. The number of piperidine rings is 1. The highest BCUT2D eigenvalue weighted by Crippen LogP contribution is 2.40. The van der Waals surface area contributed by atoms with Gasteiger partial charge in [0.2, 0.25) is 17.6 Å². The van der Waals surface area contributed by atoms with E-state index >= 15 is 0 Å². The molecule has 1 aromatic heterocycles. The van der Waals surface area contributed by atoms with Crippen molar-refractivity contribution in [2.45, 2.75) is 26.3 Å². The highest BCUT2D eigenvalue weighted by molar-refractivity contribution is 6.29. The second-order valence-corrected chi connectivity index (χ2v) is 9.29. The third-order valence-electron chi connectivity index (χ3n) is 6.31. The number of aromatic nitrogens is 2. The Morgan fingerprint density at radius 1 is 1.05 bits per heavy atom. The van der Waals surface area contributed by atoms with E-state index in [0.29, 0.717) is 52.9 Å². The molecule has 0 saturated carbocycles. The molecule has 2 heterocycles.